The van der Waals surface area contributed by atoms with Crippen LogP contribution in [-0.2, 0) is 4.79 Å². The summed E-state index contributed by atoms with van der Waals surface area (Å²) in [5, 5.41) is 0. The van der Waals surface area contributed by atoms with E-state index in [0.717, 1.165) is 6.54 Å². The van der Waals surface area contributed by atoms with Gasteiger partial charge in [0, 0.05) is 6.54 Å². The molecule has 1 aromatic rings. The summed E-state index contributed by atoms with van der Waals surface area (Å²) in [5.74, 6) is 0.720. The van der Waals surface area contributed by atoms with Gasteiger partial charge in [-0.2, -0.15) is 0 Å². The van der Waals surface area contributed by atoms with Crippen LogP contribution in [0.1, 0.15) is 44.7 Å². The summed E-state index contributed by atoms with van der Waals surface area (Å²) in [6, 6.07) is 9.86. The molecule has 1 aromatic carbocycles. The zero-order valence-corrected chi connectivity index (χ0v) is 11.9. The maximum atomic E-state index is 12.3. The van der Waals surface area contributed by atoms with E-state index in [1.165, 1.54) is 24.8 Å². The molecule has 3 nitrogen and oxygen atoms in total. The Morgan fingerprint density at radius 2 is 1.95 bits per heavy atom. The van der Waals surface area contributed by atoms with Crippen molar-refractivity contribution in [1.29, 1.82) is 0 Å². The van der Waals surface area contributed by atoms with Gasteiger partial charge < -0.3 is 10.6 Å². The molecule has 1 fully saturated rings. The van der Waals surface area contributed by atoms with Gasteiger partial charge in [-0.1, -0.05) is 36.8 Å². The van der Waals surface area contributed by atoms with Crippen molar-refractivity contribution in [2.45, 2.75) is 45.2 Å². The average molecular weight is 260 g/mol. The largest absolute Gasteiger partial charge is 0.334 e. The third-order valence-electron chi connectivity index (χ3n) is 4.10. The van der Waals surface area contributed by atoms with Crippen LogP contribution >= 0.6 is 0 Å². The van der Waals surface area contributed by atoms with E-state index in [9.17, 15) is 4.79 Å². The van der Waals surface area contributed by atoms with Crippen LogP contribution in [0.15, 0.2) is 30.3 Å². The molecule has 3 heteroatoms. The van der Waals surface area contributed by atoms with Gasteiger partial charge in [-0.15, -0.1) is 0 Å². The van der Waals surface area contributed by atoms with Crippen LogP contribution in [0.4, 0.5) is 0 Å². The van der Waals surface area contributed by atoms with E-state index in [1.807, 2.05) is 23.1 Å². The van der Waals surface area contributed by atoms with Crippen LogP contribution in [0.25, 0.3) is 0 Å². The van der Waals surface area contributed by atoms with Crippen molar-refractivity contribution in [1.82, 2.24) is 4.90 Å². The average Bonchev–Trinajstić information content (AvgIpc) is 2.37. The number of hydrogen-bond acceptors (Lipinski definition) is 2. The molecular formula is C16H24N2O. The predicted molar refractivity (Wildman–Crippen MR) is 77.6 cm³/mol. The molecule has 1 aliphatic carbocycles. The molecule has 1 amide bonds. The first-order valence-electron chi connectivity index (χ1n) is 7.20. The highest BCUT2D eigenvalue weighted by Gasteiger charge is 2.28. The molecule has 1 aliphatic rings. The molecule has 0 saturated heterocycles. The predicted octanol–water partition coefficient (Wildman–Crippen LogP) is 2.72. The molecule has 0 aromatic heterocycles. The first-order valence-corrected chi connectivity index (χ1v) is 7.20. The van der Waals surface area contributed by atoms with Crippen molar-refractivity contribution in [2.75, 3.05) is 6.54 Å². The van der Waals surface area contributed by atoms with Gasteiger partial charge in [0.05, 0.1) is 12.1 Å². The van der Waals surface area contributed by atoms with Crippen molar-refractivity contribution in [3.05, 3.63) is 35.9 Å². The van der Waals surface area contributed by atoms with Crippen LogP contribution in [-0.4, -0.2) is 23.4 Å². The standard InChI is InChI=1S/C16H24N2O/c1-12(17)16(19)18(11-14-7-6-8-14)13(2)15-9-4-3-5-10-15/h3-5,9-10,12-14H,6-8,11,17H2,1-2H3/t12-,13?/m1/s1. The van der Waals surface area contributed by atoms with E-state index in [2.05, 4.69) is 19.1 Å². The number of carbonyl (C=O) groups is 1. The lowest BCUT2D eigenvalue weighted by atomic mass is 9.84. The van der Waals surface area contributed by atoms with Gasteiger partial charge in [-0.05, 0) is 38.2 Å². The fourth-order valence-corrected chi connectivity index (χ4v) is 2.57. The van der Waals surface area contributed by atoms with Gasteiger partial charge in [0.2, 0.25) is 5.91 Å². The second-order valence-electron chi connectivity index (χ2n) is 5.66. The fraction of sp³-hybridized carbons (Fsp3) is 0.562. The molecule has 0 radical (unpaired) electrons. The molecule has 0 aliphatic heterocycles. The Balaban J connectivity index is 2.13. The normalized spacial score (nSPS) is 18.5. The number of rotatable bonds is 5. The van der Waals surface area contributed by atoms with Crippen molar-refractivity contribution in [3.8, 4) is 0 Å². The molecule has 2 N–H and O–H groups in total. The minimum atomic E-state index is -0.425. The number of nitrogens with two attached hydrogens (primary N) is 1. The lowest BCUT2D eigenvalue weighted by Gasteiger charge is -2.37. The van der Waals surface area contributed by atoms with Crippen LogP contribution in [0.2, 0.25) is 0 Å². The van der Waals surface area contributed by atoms with E-state index in [4.69, 9.17) is 5.73 Å². The minimum Gasteiger partial charge on any atom is -0.334 e. The van der Waals surface area contributed by atoms with Crippen molar-refractivity contribution >= 4 is 5.91 Å². The molecule has 0 heterocycles. The number of benzene rings is 1. The van der Waals surface area contributed by atoms with Crippen LogP contribution in [0, 0.1) is 5.92 Å². The van der Waals surface area contributed by atoms with Crippen molar-refractivity contribution < 1.29 is 4.79 Å². The monoisotopic (exact) mass is 260 g/mol. The van der Waals surface area contributed by atoms with Crippen LogP contribution in [0.5, 0.6) is 0 Å². The number of amides is 1. The van der Waals surface area contributed by atoms with Crippen molar-refractivity contribution in [3.63, 3.8) is 0 Å². The Morgan fingerprint density at radius 1 is 1.32 bits per heavy atom. The number of nitrogens with zero attached hydrogens (tertiary/aromatic N) is 1. The highest BCUT2D eigenvalue weighted by atomic mass is 16.2. The Morgan fingerprint density at radius 3 is 2.42 bits per heavy atom. The topological polar surface area (TPSA) is 46.3 Å². The van der Waals surface area contributed by atoms with Crippen LogP contribution < -0.4 is 5.73 Å². The third-order valence-corrected chi connectivity index (χ3v) is 4.10. The van der Waals surface area contributed by atoms with Gasteiger partial charge in [0.25, 0.3) is 0 Å². The Kier molecular flexibility index (Phi) is 4.59. The van der Waals surface area contributed by atoms with Gasteiger partial charge >= 0.3 is 0 Å². The lowest BCUT2D eigenvalue weighted by Crippen LogP contribution is -2.46. The first-order chi connectivity index (χ1) is 9.09. The summed E-state index contributed by atoms with van der Waals surface area (Å²) in [6.45, 7) is 4.71. The summed E-state index contributed by atoms with van der Waals surface area (Å²) >= 11 is 0. The second-order valence-corrected chi connectivity index (χ2v) is 5.66. The third kappa shape index (κ3) is 3.35. The molecule has 104 valence electrons. The Hall–Kier alpha value is -1.35. The van der Waals surface area contributed by atoms with Gasteiger partial charge in [-0.3, -0.25) is 4.79 Å². The van der Waals surface area contributed by atoms with Crippen LogP contribution in [0.3, 0.4) is 0 Å². The summed E-state index contributed by atoms with van der Waals surface area (Å²) in [5.41, 5.74) is 6.97. The maximum absolute atomic E-state index is 12.3. The molecular weight excluding hydrogens is 236 g/mol. The van der Waals surface area contributed by atoms with E-state index < -0.39 is 6.04 Å². The van der Waals surface area contributed by atoms with Gasteiger partial charge in [0.15, 0.2) is 0 Å². The zero-order valence-electron chi connectivity index (χ0n) is 11.9. The lowest BCUT2D eigenvalue weighted by molar-refractivity contribution is -0.135. The SMILES string of the molecule is CC(c1ccccc1)N(CC1CCC1)C(=O)[C@@H](C)N. The Labute approximate surface area is 115 Å². The molecule has 0 bridgehead atoms. The molecule has 0 spiro atoms. The Bertz CT molecular complexity index is 412. The quantitative estimate of drug-likeness (QED) is 0.884. The molecule has 2 atom stereocenters. The van der Waals surface area contributed by atoms with Crippen molar-refractivity contribution in [2.24, 2.45) is 11.7 Å². The van der Waals surface area contributed by atoms with E-state index in [-0.39, 0.29) is 11.9 Å². The summed E-state index contributed by atoms with van der Waals surface area (Å²) in [4.78, 5) is 14.3. The smallest absolute Gasteiger partial charge is 0.239 e. The molecule has 1 unspecified atom stereocenters. The van der Waals surface area contributed by atoms with Gasteiger partial charge in [0.1, 0.15) is 0 Å². The van der Waals surface area contributed by atoms with E-state index >= 15 is 0 Å². The fourth-order valence-electron chi connectivity index (χ4n) is 2.57. The summed E-state index contributed by atoms with van der Waals surface area (Å²) in [6.07, 6.45) is 3.78. The molecule has 19 heavy (non-hydrogen) atoms. The number of hydrogen-bond donors (Lipinski definition) is 1. The minimum absolute atomic E-state index is 0.0586. The van der Waals surface area contributed by atoms with Gasteiger partial charge in [-0.25, -0.2) is 0 Å². The van der Waals surface area contributed by atoms with E-state index in [1.54, 1.807) is 6.92 Å². The highest BCUT2D eigenvalue weighted by molar-refractivity contribution is 5.81. The van der Waals surface area contributed by atoms with E-state index in [0.29, 0.717) is 5.92 Å². The molecule has 1 saturated carbocycles. The maximum Gasteiger partial charge on any atom is 0.239 e. The highest BCUT2D eigenvalue weighted by Crippen LogP contribution is 2.30. The second kappa shape index (κ2) is 6.20. The first kappa shape index (κ1) is 14.1. The summed E-state index contributed by atoms with van der Waals surface area (Å²) in [7, 11) is 0. The summed E-state index contributed by atoms with van der Waals surface area (Å²) < 4.78 is 0. The zero-order chi connectivity index (χ0) is 13.8. The molecule has 2 rings (SSSR count). The number of carbonyl (C=O) groups excluding carboxylic acids is 1.